The third-order valence-corrected chi connectivity index (χ3v) is 3.52. The Morgan fingerprint density at radius 3 is 2.20 bits per heavy atom. The van der Waals surface area contributed by atoms with Crippen LogP contribution in [0.3, 0.4) is 0 Å². The van der Waals surface area contributed by atoms with Crippen molar-refractivity contribution in [2.75, 3.05) is 7.11 Å². The van der Waals surface area contributed by atoms with Crippen LogP contribution >= 0.6 is 11.6 Å². The molecule has 0 amide bonds. The van der Waals surface area contributed by atoms with Gasteiger partial charge >= 0.3 is 0 Å². The quantitative estimate of drug-likeness (QED) is 0.865. The zero-order chi connectivity index (χ0) is 14.4. The predicted octanol–water partition coefficient (Wildman–Crippen LogP) is 4.07. The van der Waals surface area contributed by atoms with Gasteiger partial charge in [0, 0.05) is 17.6 Å². The number of benzene rings is 2. The Morgan fingerprint density at radius 2 is 1.60 bits per heavy atom. The summed E-state index contributed by atoms with van der Waals surface area (Å²) in [5.74, 6) is 0.899. The van der Waals surface area contributed by atoms with Crippen molar-refractivity contribution in [2.45, 2.75) is 25.9 Å². The van der Waals surface area contributed by atoms with Crippen LogP contribution in [0.15, 0.2) is 48.5 Å². The first-order valence-electron chi connectivity index (χ1n) is 6.78. The van der Waals surface area contributed by atoms with E-state index in [1.807, 2.05) is 24.3 Å². The summed E-state index contributed by atoms with van der Waals surface area (Å²) in [7, 11) is 1.69. The number of hydrogen-bond donors (Lipinski definition) is 1. The Hall–Kier alpha value is -1.51. The summed E-state index contributed by atoms with van der Waals surface area (Å²) in [6.07, 6.45) is 0.998. The standard InChI is InChI=1S/C17H20ClNO/c1-13(11-14-5-9-17(20-2)10-6-14)19-12-15-3-7-16(18)8-4-15/h3-10,13,19H,11-12H2,1-2H3/t13-/m1/s1. The molecule has 2 aromatic carbocycles. The van der Waals surface area contributed by atoms with Crippen molar-refractivity contribution in [1.82, 2.24) is 5.32 Å². The van der Waals surface area contributed by atoms with Gasteiger partial charge in [0.1, 0.15) is 5.75 Å². The van der Waals surface area contributed by atoms with Crippen molar-refractivity contribution in [3.63, 3.8) is 0 Å². The minimum atomic E-state index is 0.416. The summed E-state index contributed by atoms with van der Waals surface area (Å²) >= 11 is 5.88. The van der Waals surface area contributed by atoms with Gasteiger partial charge in [-0.1, -0.05) is 35.9 Å². The van der Waals surface area contributed by atoms with Gasteiger partial charge in [-0.05, 0) is 48.7 Å². The van der Waals surface area contributed by atoms with Crippen LogP contribution in [0.5, 0.6) is 5.75 Å². The maximum atomic E-state index is 5.88. The lowest BCUT2D eigenvalue weighted by Gasteiger charge is -2.14. The second-order valence-electron chi connectivity index (χ2n) is 4.96. The molecular weight excluding hydrogens is 270 g/mol. The van der Waals surface area contributed by atoms with E-state index in [2.05, 4.69) is 36.5 Å². The van der Waals surface area contributed by atoms with Gasteiger partial charge in [-0.15, -0.1) is 0 Å². The van der Waals surface area contributed by atoms with Crippen LogP contribution in [-0.4, -0.2) is 13.2 Å². The molecule has 0 unspecified atom stereocenters. The highest BCUT2D eigenvalue weighted by molar-refractivity contribution is 6.30. The molecule has 0 heterocycles. The lowest BCUT2D eigenvalue weighted by atomic mass is 10.1. The average molecular weight is 290 g/mol. The molecule has 2 rings (SSSR count). The Morgan fingerprint density at radius 1 is 1.00 bits per heavy atom. The number of methoxy groups -OCH3 is 1. The number of nitrogens with one attached hydrogen (secondary N) is 1. The lowest BCUT2D eigenvalue weighted by molar-refractivity contribution is 0.414. The zero-order valence-electron chi connectivity index (χ0n) is 11.9. The molecule has 1 atom stereocenters. The van der Waals surface area contributed by atoms with Gasteiger partial charge in [0.2, 0.25) is 0 Å². The first-order chi connectivity index (χ1) is 9.67. The molecule has 0 aliphatic heterocycles. The molecule has 20 heavy (non-hydrogen) atoms. The summed E-state index contributed by atoms with van der Waals surface area (Å²) in [5, 5.41) is 4.30. The maximum absolute atomic E-state index is 5.88. The highest BCUT2D eigenvalue weighted by Crippen LogP contribution is 2.13. The fourth-order valence-corrected chi connectivity index (χ4v) is 2.21. The van der Waals surface area contributed by atoms with Crippen molar-refractivity contribution in [3.05, 3.63) is 64.7 Å². The smallest absolute Gasteiger partial charge is 0.118 e. The summed E-state index contributed by atoms with van der Waals surface area (Å²) in [4.78, 5) is 0. The molecule has 2 nitrogen and oxygen atoms in total. The molecule has 0 saturated carbocycles. The molecule has 0 aliphatic carbocycles. The monoisotopic (exact) mass is 289 g/mol. The average Bonchev–Trinajstić information content (AvgIpc) is 2.47. The van der Waals surface area contributed by atoms with Crippen LogP contribution < -0.4 is 10.1 Å². The van der Waals surface area contributed by atoms with E-state index in [0.717, 1.165) is 23.7 Å². The first kappa shape index (κ1) is 14.9. The fraction of sp³-hybridized carbons (Fsp3) is 0.294. The largest absolute Gasteiger partial charge is 0.497 e. The number of ether oxygens (including phenoxy) is 1. The topological polar surface area (TPSA) is 21.3 Å². The molecule has 0 bridgehead atoms. The molecule has 0 spiro atoms. The zero-order valence-corrected chi connectivity index (χ0v) is 12.7. The Bertz CT molecular complexity index is 522. The van der Waals surface area contributed by atoms with E-state index in [4.69, 9.17) is 16.3 Å². The van der Waals surface area contributed by atoms with Crippen molar-refractivity contribution in [1.29, 1.82) is 0 Å². The molecule has 3 heteroatoms. The van der Waals surface area contributed by atoms with Gasteiger partial charge in [-0.2, -0.15) is 0 Å². The van der Waals surface area contributed by atoms with Gasteiger partial charge in [0.25, 0.3) is 0 Å². The lowest BCUT2D eigenvalue weighted by Crippen LogP contribution is -2.27. The van der Waals surface area contributed by atoms with E-state index in [9.17, 15) is 0 Å². The molecule has 106 valence electrons. The van der Waals surface area contributed by atoms with Crippen LogP contribution in [0.1, 0.15) is 18.1 Å². The first-order valence-corrected chi connectivity index (χ1v) is 7.16. The van der Waals surface area contributed by atoms with E-state index < -0.39 is 0 Å². The SMILES string of the molecule is COc1ccc(C[C@@H](C)NCc2ccc(Cl)cc2)cc1. The van der Waals surface area contributed by atoms with Crippen molar-refractivity contribution < 1.29 is 4.74 Å². The van der Waals surface area contributed by atoms with Crippen LogP contribution in [0, 0.1) is 0 Å². The number of halogens is 1. The number of hydrogen-bond acceptors (Lipinski definition) is 2. The normalized spacial score (nSPS) is 12.2. The van der Waals surface area contributed by atoms with E-state index in [0.29, 0.717) is 6.04 Å². The van der Waals surface area contributed by atoms with E-state index >= 15 is 0 Å². The van der Waals surface area contributed by atoms with Crippen LogP contribution in [0.25, 0.3) is 0 Å². The van der Waals surface area contributed by atoms with Gasteiger partial charge < -0.3 is 10.1 Å². The highest BCUT2D eigenvalue weighted by atomic mass is 35.5. The van der Waals surface area contributed by atoms with Crippen LogP contribution in [-0.2, 0) is 13.0 Å². The van der Waals surface area contributed by atoms with Gasteiger partial charge in [0.05, 0.1) is 7.11 Å². The Labute approximate surface area is 125 Å². The molecule has 1 N–H and O–H groups in total. The molecule has 0 radical (unpaired) electrons. The molecule has 0 saturated heterocycles. The minimum absolute atomic E-state index is 0.416. The van der Waals surface area contributed by atoms with Gasteiger partial charge in [-0.25, -0.2) is 0 Å². The number of rotatable bonds is 6. The molecule has 0 aliphatic rings. The van der Waals surface area contributed by atoms with Gasteiger partial charge in [0.15, 0.2) is 0 Å². The summed E-state index contributed by atoms with van der Waals surface area (Å²) in [6, 6.07) is 16.6. The molecule has 0 aromatic heterocycles. The predicted molar refractivity (Wildman–Crippen MR) is 84.5 cm³/mol. The molecule has 0 fully saturated rings. The Balaban J connectivity index is 1.82. The fourth-order valence-electron chi connectivity index (χ4n) is 2.08. The van der Waals surface area contributed by atoms with E-state index in [1.165, 1.54) is 11.1 Å². The minimum Gasteiger partial charge on any atom is -0.497 e. The summed E-state index contributed by atoms with van der Waals surface area (Å²) in [5.41, 5.74) is 2.55. The van der Waals surface area contributed by atoms with E-state index in [-0.39, 0.29) is 0 Å². The van der Waals surface area contributed by atoms with Gasteiger partial charge in [-0.3, -0.25) is 0 Å². The Kier molecular flexibility index (Phi) is 5.45. The molecule has 2 aromatic rings. The third kappa shape index (κ3) is 4.55. The second-order valence-corrected chi connectivity index (χ2v) is 5.40. The molecular formula is C17H20ClNO. The van der Waals surface area contributed by atoms with Crippen molar-refractivity contribution in [2.24, 2.45) is 0 Å². The summed E-state index contributed by atoms with van der Waals surface area (Å²) in [6.45, 7) is 3.05. The van der Waals surface area contributed by atoms with Crippen LogP contribution in [0.4, 0.5) is 0 Å². The second kappa shape index (κ2) is 7.32. The van der Waals surface area contributed by atoms with Crippen LogP contribution in [0.2, 0.25) is 5.02 Å². The highest BCUT2D eigenvalue weighted by Gasteiger charge is 2.03. The maximum Gasteiger partial charge on any atom is 0.118 e. The summed E-state index contributed by atoms with van der Waals surface area (Å²) < 4.78 is 5.16. The van der Waals surface area contributed by atoms with Crippen molar-refractivity contribution in [3.8, 4) is 5.75 Å². The van der Waals surface area contributed by atoms with E-state index in [1.54, 1.807) is 7.11 Å². The third-order valence-electron chi connectivity index (χ3n) is 3.27. The van der Waals surface area contributed by atoms with Crippen molar-refractivity contribution >= 4 is 11.6 Å².